The minimum atomic E-state index is -0.372. The highest BCUT2D eigenvalue weighted by molar-refractivity contribution is 5.89. The molecule has 0 atom stereocenters. The van der Waals surface area contributed by atoms with Crippen molar-refractivity contribution in [3.8, 4) is 11.1 Å². The molecular formula is C43H54. The quantitative estimate of drug-likeness (QED) is 0.174. The van der Waals surface area contributed by atoms with Crippen LogP contribution in [-0.2, 0) is 18.3 Å². The SMILES string of the molecule is CCCCc1c(C)c(C)c(C2(c3c(C)c(C)c(CCCC)c(C)c3C)c3cc(C)ccc3-c3ccc(C)cc32)c(C)c1C. The molecule has 5 rings (SSSR count). The molecule has 4 aromatic rings. The van der Waals surface area contributed by atoms with E-state index in [0.717, 1.165) is 12.8 Å². The van der Waals surface area contributed by atoms with Crippen LogP contribution in [0, 0.1) is 69.2 Å². The van der Waals surface area contributed by atoms with Gasteiger partial charge in [-0.2, -0.15) is 0 Å². The first-order chi connectivity index (χ1) is 20.4. The Morgan fingerprint density at radius 1 is 0.442 bits per heavy atom. The number of unbranched alkanes of at least 4 members (excludes halogenated alkanes) is 2. The Hall–Kier alpha value is -3.12. The number of fused-ring (bicyclic) bond motifs is 3. The third-order valence-corrected chi connectivity index (χ3v) is 11.3. The van der Waals surface area contributed by atoms with Gasteiger partial charge in [-0.05, 0) is 184 Å². The first-order valence-corrected chi connectivity index (χ1v) is 16.8. The standard InChI is InChI=1S/C43H54/c1-13-15-17-35-27(5)31(9)41(32(10)28(35)6)43(42-33(11)29(7)36(18-16-14-2)30(8)34(42)12)39-23-25(3)19-21-37(39)38-22-20-26(4)24-40(38)43/h19-24H,13-18H2,1-12H3. The van der Waals surface area contributed by atoms with E-state index >= 15 is 0 Å². The Labute approximate surface area is 263 Å². The van der Waals surface area contributed by atoms with Crippen molar-refractivity contribution in [3.63, 3.8) is 0 Å². The Balaban J connectivity index is 2.06. The third kappa shape index (κ3) is 4.63. The van der Waals surface area contributed by atoms with E-state index in [1.165, 1.54) is 115 Å². The maximum Gasteiger partial charge on any atom is 0.0724 e. The Morgan fingerprint density at radius 3 is 1.07 bits per heavy atom. The summed E-state index contributed by atoms with van der Waals surface area (Å²) in [5, 5.41) is 0. The van der Waals surface area contributed by atoms with E-state index < -0.39 is 0 Å². The molecule has 0 saturated carbocycles. The second-order valence-electron chi connectivity index (χ2n) is 13.8. The zero-order valence-electron chi connectivity index (χ0n) is 29.2. The van der Waals surface area contributed by atoms with Crippen molar-refractivity contribution < 1.29 is 0 Å². The number of benzene rings is 4. The largest absolute Gasteiger partial charge is 0.0724 e. The van der Waals surface area contributed by atoms with Gasteiger partial charge in [-0.15, -0.1) is 0 Å². The summed E-state index contributed by atoms with van der Waals surface area (Å²) in [5.74, 6) is 0. The van der Waals surface area contributed by atoms with Crippen LogP contribution >= 0.6 is 0 Å². The lowest BCUT2D eigenvalue weighted by molar-refractivity contribution is 0.720. The first-order valence-electron chi connectivity index (χ1n) is 16.8. The maximum absolute atomic E-state index is 2.52. The molecule has 226 valence electrons. The summed E-state index contributed by atoms with van der Waals surface area (Å²) in [6.07, 6.45) is 7.26. The fraction of sp³-hybridized carbons (Fsp3) is 0.442. The van der Waals surface area contributed by atoms with Gasteiger partial charge in [0.15, 0.2) is 0 Å². The Kier molecular flexibility index (Phi) is 8.56. The van der Waals surface area contributed by atoms with Crippen molar-refractivity contribution in [1.82, 2.24) is 0 Å². The van der Waals surface area contributed by atoms with Crippen LogP contribution in [0.4, 0.5) is 0 Å². The predicted octanol–water partition coefficient (Wildman–Crippen LogP) is 11.8. The van der Waals surface area contributed by atoms with Gasteiger partial charge in [0.25, 0.3) is 0 Å². The smallest absolute Gasteiger partial charge is 0.0654 e. The lowest BCUT2D eigenvalue weighted by Gasteiger charge is -2.41. The van der Waals surface area contributed by atoms with Gasteiger partial charge in [0.2, 0.25) is 0 Å². The van der Waals surface area contributed by atoms with Crippen LogP contribution in [0.3, 0.4) is 0 Å². The van der Waals surface area contributed by atoms with Crippen molar-refractivity contribution in [2.45, 2.75) is 127 Å². The van der Waals surface area contributed by atoms with Gasteiger partial charge in [-0.1, -0.05) is 74.2 Å². The third-order valence-electron chi connectivity index (χ3n) is 11.3. The summed E-state index contributed by atoms with van der Waals surface area (Å²) in [6.45, 7) is 28.5. The average molecular weight is 571 g/mol. The molecule has 0 heterocycles. The fourth-order valence-corrected chi connectivity index (χ4v) is 8.58. The molecule has 0 bridgehead atoms. The van der Waals surface area contributed by atoms with Gasteiger partial charge < -0.3 is 0 Å². The zero-order chi connectivity index (χ0) is 31.4. The molecule has 0 unspecified atom stereocenters. The van der Waals surface area contributed by atoms with Gasteiger partial charge in [-0.25, -0.2) is 0 Å². The van der Waals surface area contributed by atoms with E-state index in [1.807, 2.05) is 0 Å². The van der Waals surface area contributed by atoms with Gasteiger partial charge >= 0.3 is 0 Å². The molecule has 0 saturated heterocycles. The molecule has 0 spiro atoms. The highest BCUT2D eigenvalue weighted by Crippen LogP contribution is 2.60. The summed E-state index contributed by atoms with van der Waals surface area (Å²) in [4.78, 5) is 0. The summed E-state index contributed by atoms with van der Waals surface area (Å²) < 4.78 is 0. The van der Waals surface area contributed by atoms with E-state index in [-0.39, 0.29) is 5.41 Å². The van der Waals surface area contributed by atoms with E-state index in [4.69, 9.17) is 0 Å². The topological polar surface area (TPSA) is 0 Å². The molecule has 0 aromatic heterocycles. The summed E-state index contributed by atoms with van der Waals surface area (Å²) >= 11 is 0. The number of hydrogen-bond acceptors (Lipinski definition) is 0. The lowest BCUT2D eigenvalue weighted by atomic mass is 9.60. The first kappa shape index (κ1) is 31.3. The molecule has 0 radical (unpaired) electrons. The van der Waals surface area contributed by atoms with Crippen LogP contribution in [-0.4, -0.2) is 0 Å². The van der Waals surface area contributed by atoms with Crippen LogP contribution in [0.25, 0.3) is 11.1 Å². The van der Waals surface area contributed by atoms with Crippen LogP contribution in [0.15, 0.2) is 36.4 Å². The van der Waals surface area contributed by atoms with Gasteiger partial charge in [0, 0.05) is 0 Å². The summed E-state index contributed by atoms with van der Waals surface area (Å²) in [5.41, 5.74) is 26.0. The van der Waals surface area contributed by atoms with Crippen molar-refractivity contribution in [1.29, 1.82) is 0 Å². The molecule has 4 aromatic carbocycles. The second kappa shape index (κ2) is 11.8. The number of aryl methyl sites for hydroxylation is 2. The van der Waals surface area contributed by atoms with Gasteiger partial charge in [0.05, 0.1) is 5.41 Å². The highest BCUT2D eigenvalue weighted by atomic mass is 14.5. The molecule has 0 N–H and O–H groups in total. The Bertz CT molecular complexity index is 1540. The van der Waals surface area contributed by atoms with Crippen molar-refractivity contribution in [3.05, 3.63) is 125 Å². The normalized spacial score (nSPS) is 13.4. The van der Waals surface area contributed by atoms with Crippen LogP contribution < -0.4 is 0 Å². The second-order valence-corrected chi connectivity index (χ2v) is 13.8. The highest BCUT2D eigenvalue weighted by Gasteiger charge is 2.50. The molecular weight excluding hydrogens is 516 g/mol. The minimum Gasteiger partial charge on any atom is -0.0654 e. The molecule has 0 amide bonds. The molecule has 0 nitrogen and oxygen atoms in total. The molecule has 43 heavy (non-hydrogen) atoms. The molecule has 0 aliphatic heterocycles. The molecule has 1 aliphatic rings. The fourth-order valence-electron chi connectivity index (χ4n) is 8.58. The van der Waals surface area contributed by atoms with Crippen LogP contribution in [0.2, 0.25) is 0 Å². The van der Waals surface area contributed by atoms with Crippen LogP contribution in [0.5, 0.6) is 0 Å². The van der Waals surface area contributed by atoms with Crippen molar-refractivity contribution in [2.24, 2.45) is 0 Å². The Morgan fingerprint density at radius 2 is 0.767 bits per heavy atom. The van der Waals surface area contributed by atoms with Crippen molar-refractivity contribution >= 4 is 0 Å². The zero-order valence-corrected chi connectivity index (χ0v) is 29.2. The summed E-state index contributed by atoms with van der Waals surface area (Å²) in [7, 11) is 0. The summed E-state index contributed by atoms with van der Waals surface area (Å²) in [6, 6.07) is 14.5. The van der Waals surface area contributed by atoms with E-state index in [1.54, 1.807) is 11.1 Å². The monoisotopic (exact) mass is 570 g/mol. The average Bonchev–Trinajstić information content (AvgIpc) is 3.24. The van der Waals surface area contributed by atoms with Crippen LogP contribution in [0.1, 0.15) is 129 Å². The van der Waals surface area contributed by atoms with E-state index in [9.17, 15) is 0 Å². The van der Waals surface area contributed by atoms with Crippen molar-refractivity contribution in [2.75, 3.05) is 0 Å². The number of rotatable bonds is 8. The molecule has 0 heteroatoms. The lowest BCUT2D eigenvalue weighted by Crippen LogP contribution is -2.34. The maximum atomic E-state index is 2.52. The van der Waals surface area contributed by atoms with Gasteiger partial charge in [0.1, 0.15) is 0 Å². The minimum absolute atomic E-state index is 0.372. The molecule has 1 aliphatic carbocycles. The van der Waals surface area contributed by atoms with Gasteiger partial charge in [-0.3, -0.25) is 0 Å². The number of hydrogen-bond donors (Lipinski definition) is 0. The van der Waals surface area contributed by atoms with E-state index in [0.29, 0.717) is 0 Å². The predicted molar refractivity (Wildman–Crippen MR) is 188 cm³/mol. The molecule has 0 fully saturated rings. The van der Waals surface area contributed by atoms with E-state index in [2.05, 4.69) is 119 Å².